The summed E-state index contributed by atoms with van der Waals surface area (Å²) in [5.41, 5.74) is 0.822. The number of para-hydroxylation sites is 1. The van der Waals surface area contributed by atoms with E-state index in [0.29, 0.717) is 24.6 Å². The highest BCUT2D eigenvalue weighted by Gasteiger charge is 2.26. The zero-order chi connectivity index (χ0) is 12.4. The van der Waals surface area contributed by atoms with Gasteiger partial charge in [0.25, 0.3) is 0 Å². The summed E-state index contributed by atoms with van der Waals surface area (Å²) in [4.78, 5) is 14.7. The Morgan fingerprint density at radius 3 is 2.82 bits per heavy atom. The zero-order valence-electron chi connectivity index (χ0n) is 10.2. The molecule has 1 aromatic rings. The molecule has 1 aliphatic heterocycles. The maximum atomic E-state index is 12.1. The predicted octanol–water partition coefficient (Wildman–Crippen LogP) is 2.19. The molecule has 1 amide bonds. The molecule has 0 aromatic heterocycles. The first-order chi connectivity index (χ1) is 8.09. The van der Waals surface area contributed by atoms with Crippen LogP contribution in [0.15, 0.2) is 29.2 Å². The van der Waals surface area contributed by atoms with Crippen molar-refractivity contribution < 1.29 is 9.00 Å². The summed E-state index contributed by atoms with van der Waals surface area (Å²) in [6, 6.07) is 7.48. The van der Waals surface area contributed by atoms with E-state index in [0.717, 1.165) is 10.6 Å². The Hall–Kier alpha value is -1.16. The summed E-state index contributed by atoms with van der Waals surface area (Å²) < 4.78 is 11.8. The van der Waals surface area contributed by atoms with Crippen LogP contribution in [0.2, 0.25) is 0 Å². The van der Waals surface area contributed by atoms with Gasteiger partial charge in [-0.3, -0.25) is 9.00 Å². The van der Waals surface area contributed by atoms with Crippen LogP contribution in [0.3, 0.4) is 0 Å². The molecule has 1 aromatic carbocycles. The van der Waals surface area contributed by atoms with Crippen molar-refractivity contribution >= 4 is 22.4 Å². The Bertz CT molecular complexity index is 456. The number of rotatable bonds is 2. The van der Waals surface area contributed by atoms with Crippen molar-refractivity contribution in [2.75, 3.05) is 17.2 Å². The smallest absolute Gasteiger partial charge is 0.227 e. The molecule has 0 saturated heterocycles. The van der Waals surface area contributed by atoms with Crippen LogP contribution in [0.4, 0.5) is 5.69 Å². The van der Waals surface area contributed by atoms with E-state index in [-0.39, 0.29) is 5.91 Å². The van der Waals surface area contributed by atoms with E-state index in [4.69, 9.17) is 0 Å². The largest absolute Gasteiger partial charge is 0.310 e. The second kappa shape index (κ2) is 5.00. The van der Waals surface area contributed by atoms with Crippen LogP contribution < -0.4 is 4.90 Å². The molecule has 4 heteroatoms. The van der Waals surface area contributed by atoms with Crippen molar-refractivity contribution in [3.63, 3.8) is 0 Å². The molecular weight excluding hydrogens is 234 g/mol. The molecule has 1 atom stereocenters. The third kappa shape index (κ3) is 2.57. The lowest BCUT2D eigenvalue weighted by Crippen LogP contribution is -2.38. The topological polar surface area (TPSA) is 37.4 Å². The highest BCUT2D eigenvalue weighted by atomic mass is 32.2. The van der Waals surface area contributed by atoms with E-state index in [1.165, 1.54) is 0 Å². The monoisotopic (exact) mass is 251 g/mol. The van der Waals surface area contributed by atoms with Gasteiger partial charge in [0, 0.05) is 18.7 Å². The van der Waals surface area contributed by atoms with Crippen molar-refractivity contribution in [2.24, 2.45) is 5.92 Å². The molecule has 0 saturated carbocycles. The highest BCUT2D eigenvalue weighted by Crippen LogP contribution is 2.28. The number of carbonyl (C=O) groups is 1. The SMILES string of the molecule is CC(C)CC(=O)N1CCS(=O)c2ccccc21. The zero-order valence-corrected chi connectivity index (χ0v) is 11.0. The van der Waals surface area contributed by atoms with Gasteiger partial charge in [-0.1, -0.05) is 26.0 Å². The minimum absolute atomic E-state index is 0.129. The van der Waals surface area contributed by atoms with Gasteiger partial charge in [-0.25, -0.2) is 0 Å². The lowest BCUT2D eigenvalue weighted by molar-refractivity contribution is -0.119. The molecule has 1 aliphatic rings. The fourth-order valence-electron chi connectivity index (χ4n) is 2.00. The van der Waals surface area contributed by atoms with E-state index in [1.807, 2.05) is 38.1 Å². The number of amides is 1. The van der Waals surface area contributed by atoms with Crippen LogP contribution in [0, 0.1) is 5.92 Å². The maximum Gasteiger partial charge on any atom is 0.227 e. The number of nitrogens with zero attached hydrogens (tertiary/aromatic N) is 1. The molecule has 92 valence electrons. The van der Waals surface area contributed by atoms with E-state index in [1.54, 1.807) is 4.90 Å². The van der Waals surface area contributed by atoms with Crippen LogP contribution in [0.25, 0.3) is 0 Å². The number of hydrogen-bond acceptors (Lipinski definition) is 2. The van der Waals surface area contributed by atoms with Gasteiger partial charge >= 0.3 is 0 Å². The van der Waals surface area contributed by atoms with E-state index in [2.05, 4.69) is 0 Å². The van der Waals surface area contributed by atoms with Crippen molar-refractivity contribution in [1.82, 2.24) is 0 Å². The standard InChI is InChI=1S/C13H17NO2S/c1-10(2)9-13(15)14-7-8-17(16)12-6-4-3-5-11(12)14/h3-6,10H,7-9H2,1-2H3. The first-order valence-electron chi connectivity index (χ1n) is 5.87. The average molecular weight is 251 g/mol. The van der Waals surface area contributed by atoms with Gasteiger partial charge in [-0.2, -0.15) is 0 Å². The quantitative estimate of drug-likeness (QED) is 0.808. The Kier molecular flexibility index (Phi) is 3.62. The van der Waals surface area contributed by atoms with Crippen molar-refractivity contribution in [1.29, 1.82) is 0 Å². The summed E-state index contributed by atoms with van der Waals surface area (Å²) in [7, 11) is -0.959. The summed E-state index contributed by atoms with van der Waals surface area (Å²) in [6.07, 6.45) is 0.543. The Morgan fingerprint density at radius 1 is 1.41 bits per heavy atom. The van der Waals surface area contributed by atoms with E-state index in [9.17, 15) is 9.00 Å². The Labute approximate surface area is 104 Å². The number of anilines is 1. The molecule has 0 bridgehead atoms. The molecule has 0 radical (unpaired) electrons. The van der Waals surface area contributed by atoms with Crippen LogP contribution in [0.1, 0.15) is 20.3 Å². The van der Waals surface area contributed by atoms with Crippen LogP contribution in [-0.2, 0) is 15.6 Å². The summed E-state index contributed by atoms with van der Waals surface area (Å²) in [6.45, 7) is 4.63. The van der Waals surface area contributed by atoms with Crippen molar-refractivity contribution in [3.8, 4) is 0 Å². The lowest BCUT2D eigenvalue weighted by Gasteiger charge is -2.29. The number of fused-ring (bicyclic) bond motifs is 1. The molecule has 17 heavy (non-hydrogen) atoms. The second-order valence-electron chi connectivity index (χ2n) is 4.66. The van der Waals surface area contributed by atoms with Crippen LogP contribution in [-0.4, -0.2) is 22.4 Å². The third-order valence-corrected chi connectivity index (χ3v) is 4.17. The Balaban J connectivity index is 2.30. The van der Waals surface area contributed by atoms with Gasteiger partial charge in [-0.15, -0.1) is 0 Å². The average Bonchev–Trinajstić information content (AvgIpc) is 2.29. The molecule has 1 heterocycles. The number of hydrogen-bond donors (Lipinski definition) is 0. The fraction of sp³-hybridized carbons (Fsp3) is 0.462. The fourth-order valence-corrected chi connectivity index (χ4v) is 3.21. The van der Waals surface area contributed by atoms with E-state index < -0.39 is 10.8 Å². The summed E-state index contributed by atoms with van der Waals surface area (Å²) in [5.74, 6) is 1.02. The summed E-state index contributed by atoms with van der Waals surface area (Å²) >= 11 is 0. The maximum absolute atomic E-state index is 12.1. The summed E-state index contributed by atoms with van der Waals surface area (Å²) in [5, 5.41) is 0. The highest BCUT2D eigenvalue weighted by molar-refractivity contribution is 7.85. The molecule has 0 N–H and O–H groups in total. The second-order valence-corrected chi connectivity index (χ2v) is 6.20. The number of carbonyl (C=O) groups excluding carboxylic acids is 1. The van der Waals surface area contributed by atoms with Crippen molar-refractivity contribution in [2.45, 2.75) is 25.2 Å². The molecule has 2 rings (SSSR count). The van der Waals surface area contributed by atoms with Crippen LogP contribution >= 0.6 is 0 Å². The minimum atomic E-state index is -0.959. The molecule has 0 spiro atoms. The number of benzene rings is 1. The van der Waals surface area contributed by atoms with Gasteiger partial charge in [0.05, 0.1) is 21.4 Å². The molecule has 1 unspecified atom stereocenters. The van der Waals surface area contributed by atoms with Gasteiger partial charge < -0.3 is 4.90 Å². The first kappa shape index (κ1) is 12.3. The minimum Gasteiger partial charge on any atom is -0.310 e. The molecule has 0 aliphatic carbocycles. The molecular formula is C13H17NO2S. The normalized spacial score (nSPS) is 19.2. The predicted molar refractivity (Wildman–Crippen MR) is 69.5 cm³/mol. The van der Waals surface area contributed by atoms with Crippen molar-refractivity contribution in [3.05, 3.63) is 24.3 Å². The van der Waals surface area contributed by atoms with Gasteiger partial charge in [0.1, 0.15) is 0 Å². The van der Waals surface area contributed by atoms with Gasteiger partial charge in [-0.05, 0) is 18.1 Å². The Morgan fingerprint density at radius 2 is 2.12 bits per heavy atom. The first-order valence-corrected chi connectivity index (χ1v) is 7.19. The van der Waals surface area contributed by atoms with E-state index >= 15 is 0 Å². The molecule has 3 nitrogen and oxygen atoms in total. The molecule has 0 fully saturated rings. The third-order valence-electron chi connectivity index (χ3n) is 2.79. The van der Waals surface area contributed by atoms with Gasteiger partial charge in [0.2, 0.25) is 5.91 Å². The lowest BCUT2D eigenvalue weighted by atomic mass is 10.1. The van der Waals surface area contributed by atoms with Gasteiger partial charge in [0.15, 0.2) is 0 Å². The van der Waals surface area contributed by atoms with Crippen LogP contribution in [0.5, 0.6) is 0 Å².